The number of hydrogen-bond donors (Lipinski definition) is 18. The summed E-state index contributed by atoms with van der Waals surface area (Å²) in [5.74, 6) is -21.4. The quantitative estimate of drug-likeness (QED) is 0.0107. The summed E-state index contributed by atoms with van der Waals surface area (Å²) in [6.45, 7) is 4.95. The number of ketones is 4. The van der Waals surface area contributed by atoms with Gasteiger partial charge in [-0.25, -0.2) is 14.3 Å². The number of nitrogens with zero attached hydrogens (tertiary/aromatic N) is 4. The van der Waals surface area contributed by atoms with Gasteiger partial charge in [-0.05, 0) is 122 Å². The SMILES string of the molecule is CN[C@H](CC(C)C)C(=O)NC1C(=O)C[C@@H](CC(N)=O)C(=O)N[C@H]2C(=O)C[C@H]3C(=O)N[C@H](C(=O)N[C@H](C(=O)CCCOCCO/N=C(\C(=O)C[C@@H]4C(=O)N5C(C(=O)O)=C(C[n+]6ccccc6)CS[C@H]45)c4nc(N)sc4Cl)c4cc(O)cc(O)c4-c4cc3ccc4O)[C@H](O)c3ccc(c(Cl)c3)Oc3cc2cc(c3O[C@@H]2O[C@H](CO)[C@@H](O)[C@H](O)[C@H]2O[C@H]2C[C@](C)(N)[C@H](O)[C@H](C)O2)Oc2ccc(cc2Cl)[C@H]1O. The number of nitrogen functional groups attached to an aromatic ring is 1. The first-order valence-electron chi connectivity index (χ1n) is 43.9. The van der Waals surface area contributed by atoms with Gasteiger partial charge in [0.2, 0.25) is 47.5 Å². The maximum atomic E-state index is 16.5. The highest BCUT2D eigenvalue weighted by atomic mass is 35.5. The maximum Gasteiger partial charge on any atom is 0.352 e. The van der Waals surface area contributed by atoms with E-state index in [9.17, 15) is 75.0 Å². The fraction of sp³-hybridized carbons (Fsp3) is 0.435. The van der Waals surface area contributed by atoms with Crippen molar-refractivity contribution in [3.8, 4) is 57.1 Å². The second kappa shape index (κ2) is 43.4. The number of aliphatic hydroxyl groups excluding tert-OH is 6. The van der Waals surface area contributed by atoms with Gasteiger partial charge in [0, 0.05) is 91.3 Å². The summed E-state index contributed by atoms with van der Waals surface area (Å²) in [7, 11) is 1.49. The van der Waals surface area contributed by atoms with E-state index in [0.717, 1.165) is 76.9 Å². The Kier molecular flexibility index (Phi) is 32.2. The summed E-state index contributed by atoms with van der Waals surface area (Å²) in [5.41, 5.74) is 14.4. The number of nitrogens with one attached hydrogen (secondary N) is 5. The first kappa shape index (κ1) is 102. The molecule has 3 fully saturated rings. The van der Waals surface area contributed by atoms with Gasteiger partial charge in [-0.3, -0.25) is 52.8 Å². The number of aromatic hydroxyl groups is 3. The van der Waals surface area contributed by atoms with Gasteiger partial charge < -0.3 is 133 Å². The number of carboxylic acid groups (broad SMARTS) is 1. The number of primary amides is 1. The first-order chi connectivity index (χ1) is 65.6. The number of aliphatic hydroxyl groups is 6. The summed E-state index contributed by atoms with van der Waals surface area (Å²) >= 11 is 23.0. The van der Waals surface area contributed by atoms with Crippen LogP contribution in [0.4, 0.5) is 5.13 Å². The number of pyridine rings is 1. The number of aromatic nitrogens is 2. The molecule has 11 heterocycles. The molecule has 46 heteroatoms. The van der Waals surface area contributed by atoms with E-state index in [2.05, 4.69) is 36.7 Å². The lowest BCUT2D eigenvalue weighted by Crippen LogP contribution is -2.64. The van der Waals surface area contributed by atoms with Crippen molar-refractivity contribution in [2.24, 2.45) is 34.4 Å². The van der Waals surface area contributed by atoms with Crippen molar-refractivity contribution >= 4 is 133 Å². The maximum absolute atomic E-state index is 16.5. The standard InChI is InChI=1S/C92H101Cl3N12O29S2/c1-38(2)22-53(99-5)85(124)102-71-57(113)26-44(29-65(96)116)83(122)100-68-43-27-62(132-60-15-12-41(75(71)117)24-51(60)93)79(136-90-80(78(120)77(119)64(36-108)134-90)135-66-34-92(4,98)81(121)39(3)131-66)63(28-43)133-61-16-13-42(25-52(61)94)76(118)73-86(125)101-69(49-30-46(109)31-56(112)67(49)48-23-40(11-14-54(48)110)47(32-58(68)114)84(123)103-73)55(111)10-9-19-129-20-21-130-105-70(72-82(95)138-91(97)104-72)59(115)33-50-87(126)107-74(89(127)128)45(37-137-88(50)107)35-106-17-7-6-8-18-106/h6-8,11-18,23-25,27-28,30-31,38-39,44,47,50,53,64,66,68-69,71,73,75-78,80-81,88,90,99,108,117-121H,9-10,19-22,26,29,32-37,98H2,1-5H3,(H11-,96,97,100,101,102,103,104,105,109,110,112,115,116,122,123,124,125,127,128)/p+1/t39-,44-,47+,50+,53+,64+,66-,68+,69-,71?,73-,75+,76+,77+,78-,80+,81+,88+,90-,92-/m0/s1. The van der Waals surface area contributed by atoms with Gasteiger partial charge in [-0.15, -0.1) is 11.8 Å². The number of thioether (sulfide) groups is 1. The molecule has 0 radical (unpaired) electrons. The predicted octanol–water partition coefficient (Wildman–Crippen LogP) is 4.29. The molecule has 3 saturated heterocycles. The molecule has 20 atom stereocenters. The number of oxime groups is 1. The molecular formula is C92H102Cl3N12O29S2+. The molecule has 6 amide bonds. The van der Waals surface area contributed by atoms with Crippen LogP contribution < -0.4 is 62.6 Å². The number of carbonyl (C=O) groups excluding carboxylic acids is 10. The Morgan fingerprint density at radius 1 is 0.775 bits per heavy atom. The zero-order valence-corrected chi connectivity index (χ0v) is 78.4. The second-order valence-corrected chi connectivity index (χ2v) is 38.6. The number of anilines is 1. The Balaban J connectivity index is 0.818. The number of fused-ring (bicyclic) bond motifs is 16. The van der Waals surface area contributed by atoms with Gasteiger partial charge in [0.05, 0.1) is 64.6 Å². The van der Waals surface area contributed by atoms with Crippen LogP contribution in [0.5, 0.6) is 46.0 Å². The second-order valence-electron chi connectivity index (χ2n) is 35.0. The third-order valence-corrected chi connectivity index (χ3v) is 27.7. The van der Waals surface area contributed by atoms with Crippen LogP contribution in [0, 0.1) is 17.8 Å². The van der Waals surface area contributed by atoms with Crippen LogP contribution in [-0.4, -0.2) is 249 Å². The van der Waals surface area contributed by atoms with E-state index in [-0.39, 0.29) is 106 Å². The lowest BCUT2D eigenvalue weighted by atomic mass is 9.84. The first-order valence-corrected chi connectivity index (χ1v) is 46.9. The van der Waals surface area contributed by atoms with Gasteiger partial charge in [-0.2, -0.15) is 0 Å². The number of halogens is 3. The monoisotopic (exact) mass is 2010 g/mol. The van der Waals surface area contributed by atoms with E-state index in [1.165, 1.54) is 50.9 Å². The molecule has 5 aromatic carbocycles. The number of nitrogens with two attached hydrogens (primary N) is 3. The van der Waals surface area contributed by atoms with Crippen LogP contribution in [0.1, 0.15) is 143 Å². The number of amides is 6. The third-order valence-electron chi connectivity index (χ3n) is 24.6. The number of hydrogen-bond acceptors (Lipinski definition) is 35. The molecule has 0 spiro atoms. The van der Waals surface area contributed by atoms with Crippen LogP contribution in [0.25, 0.3) is 11.1 Å². The van der Waals surface area contributed by atoms with Crippen LogP contribution >= 0.6 is 57.9 Å². The lowest BCUT2D eigenvalue weighted by molar-refractivity contribution is -0.689. The molecular weight excluding hydrogens is 1910 g/mol. The normalized spacial score (nSPS) is 27.0. The van der Waals surface area contributed by atoms with Gasteiger partial charge in [0.25, 0.3) is 0 Å². The van der Waals surface area contributed by atoms with E-state index in [4.69, 9.17) is 90.0 Å². The number of β-lactam (4-membered cyclic amide) rings is 1. The van der Waals surface area contributed by atoms with E-state index < -0.39 is 297 Å². The zero-order chi connectivity index (χ0) is 99.5. The fourth-order valence-electron chi connectivity index (χ4n) is 17.6. The van der Waals surface area contributed by atoms with Gasteiger partial charge in [0.15, 0.2) is 76.8 Å². The van der Waals surface area contributed by atoms with Gasteiger partial charge >= 0.3 is 5.97 Å². The van der Waals surface area contributed by atoms with E-state index in [0.29, 0.717) is 5.57 Å². The van der Waals surface area contributed by atoms with Crippen LogP contribution in [-0.2, 0) is 83.1 Å². The van der Waals surface area contributed by atoms with Crippen LogP contribution in [0.3, 0.4) is 0 Å². The molecule has 16 rings (SSSR count). The highest BCUT2D eigenvalue weighted by Gasteiger charge is 2.56. The van der Waals surface area contributed by atoms with Gasteiger partial charge in [-0.1, -0.05) is 89.4 Å². The number of likely N-dealkylation sites (N-methyl/N-ethyl adjacent to an activating group) is 1. The van der Waals surface area contributed by atoms with Crippen molar-refractivity contribution < 1.29 is 146 Å². The predicted molar refractivity (Wildman–Crippen MR) is 491 cm³/mol. The molecule has 1 unspecified atom stereocenters. The molecule has 41 nitrogen and oxygen atoms in total. The topological polar surface area (TPSA) is 634 Å². The molecule has 138 heavy (non-hydrogen) atoms. The summed E-state index contributed by atoms with van der Waals surface area (Å²) in [6, 6.07) is 10.2. The molecule has 0 saturated carbocycles. The molecule has 9 aliphatic rings. The highest BCUT2D eigenvalue weighted by Crippen LogP contribution is 2.52. The van der Waals surface area contributed by atoms with Crippen molar-refractivity contribution in [3.63, 3.8) is 0 Å². The van der Waals surface area contributed by atoms with Gasteiger partial charge in [0.1, 0.15) is 106 Å². The van der Waals surface area contributed by atoms with Crippen LogP contribution in [0.15, 0.2) is 126 Å². The number of carboxylic acids is 1. The molecule has 736 valence electrons. The van der Waals surface area contributed by atoms with Crippen molar-refractivity contribution in [3.05, 3.63) is 169 Å². The minimum Gasteiger partial charge on any atom is -0.508 e. The zero-order valence-electron chi connectivity index (χ0n) is 74.5. The fourth-order valence-corrected chi connectivity index (χ4v) is 20.3. The summed E-state index contributed by atoms with van der Waals surface area (Å²) < 4.78 is 46.4. The third kappa shape index (κ3) is 22.5. The van der Waals surface area contributed by atoms with Crippen molar-refractivity contribution in [2.75, 3.05) is 45.0 Å². The largest absolute Gasteiger partial charge is 0.508 e. The van der Waals surface area contributed by atoms with E-state index >= 15 is 28.8 Å². The number of thiazole rings is 1. The number of phenols is 3. The van der Waals surface area contributed by atoms with E-state index in [1.54, 1.807) is 35.2 Å². The Morgan fingerprint density at radius 3 is 2.09 bits per heavy atom. The average molecular weight is 2010 g/mol. The molecule has 11 bridgehead atoms. The minimum absolute atomic E-state index is 0.0427. The molecule has 2 aromatic heterocycles. The summed E-state index contributed by atoms with van der Waals surface area (Å²) in [4.78, 5) is 174. The number of benzene rings is 5. The molecule has 21 N–H and O–H groups in total. The average Bonchev–Trinajstić information content (AvgIpc) is 0.761. The molecule has 9 aliphatic heterocycles. The van der Waals surface area contributed by atoms with Crippen molar-refractivity contribution in [2.45, 2.75) is 194 Å². The summed E-state index contributed by atoms with van der Waals surface area (Å²) in [6.07, 6.45) is -18.5. The number of aliphatic carboxylic acids is 1. The lowest BCUT2D eigenvalue weighted by Gasteiger charge is -2.49. The highest BCUT2D eigenvalue weighted by molar-refractivity contribution is 8.00. The van der Waals surface area contributed by atoms with Crippen molar-refractivity contribution in [1.82, 2.24) is 36.5 Å². The number of carbonyl (C=O) groups is 11. The molecule has 7 aromatic rings. The molecule has 0 aliphatic carbocycles. The number of ether oxygens (including phenoxy) is 7. The van der Waals surface area contributed by atoms with Crippen LogP contribution in [0.2, 0.25) is 14.4 Å². The smallest absolute Gasteiger partial charge is 0.352 e. The Labute approximate surface area is 810 Å². The van der Waals surface area contributed by atoms with E-state index in [1.807, 2.05) is 13.8 Å². The Morgan fingerprint density at radius 2 is 1.46 bits per heavy atom. The number of Topliss-reactive ketones (excluding diaryl/α,β-unsaturated/α-hetero) is 4. The number of rotatable bonds is 28. The Hall–Kier alpha value is -11.6. The van der Waals surface area contributed by atoms with Crippen molar-refractivity contribution in [1.29, 1.82) is 0 Å². The number of phenolic OH excluding ortho intramolecular Hbond substituents is 3. The summed E-state index contributed by atoms with van der Waals surface area (Å²) in [5, 5.41) is 133. The Bertz CT molecular complexity index is 5960. The minimum atomic E-state index is -2.29.